The number of hydrogen-bond acceptors (Lipinski definition) is 4. The fourth-order valence-electron chi connectivity index (χ4n) is 2.81. The number of carbonyl (C=O) groups is 1. The molecule has 140 valence electrons. The molecule has 0 atom stereocenters. The molecule has 0 bridgehead atoms. The highest BCUT2D eigenvalue weighted by Crippen LogP contribution is 2.24. The van der Waals surface area contributed by atoms with E-state index in [9.17, 15) is 13.2 Å². The van der Waals surface area contributed by atoms with Crippen LogP contribution < -0.4 is 10.2 Å². The van der Waals surface area contributed by atoms with Gasteiger partial charge in [0.2, 0.25) is 10.0 Å². The summed E-state index contributed by atoms with van der Waals surface area (Å²) >= 11 is 0. The number of amides is 1. The fraction of sp³-hybridized carbons (Fsp3) is 0.588. The van der Waals surface area contributed by atoms with E-state index < -0.39 is 10.0 Å². The first-order valence-electron chi connectivity index (χ1n) is 8.70. The third-order valence-electron chi connectivity index (χ3n) is 4.47. The quantitative estimate of drug-likeness (QED) is 0.701. The monoisotopic (exact) mass is 370 g/mol. The molecule has 1 aliphatic rings. The summed E-state index contributed by atoms with van der Waals surface area (Å²) in [6, 6.07) is 5.02. The van der Waals surface area contributed by atoms with E-state index in [-0.39, 0.29) is 10.8 Å². The molecule has 2 rings (SSSR count). The van der Waals surface area contributed by atoms with Crippen molar-refractivity contribution in [2.24, 2.45) is 0 Å². The highest BCUT2D eigenvalue weighted by atomic mass is 32.2. The van der Waals surface area contributed by atoms with Crippen LogP contribution in [0.1, 0.15) is 19.4 Å². The van der Waals surface area contributed by atoms with Crippen LogP contribution in [-0.4, -0.2) is 64.6 Å². The molecule has 1 saturated heterocycles. The molecule has 0 aromatic heterocycles. The predicted molar refractivity (Wildman–Crippen MR) is 96.3 cm³/mol. The maximum atomic E-state index is 12.9. The van der Waals surface area contributed by atoms with Gasteiger partial charge in [0.15, 0.2) is 6.54 Å². The van der Waals surface area contributed by atoms with Crippen molar-refractivity contribution in [3.63, 3.8) is 0 Å². The van der Waals surface area contributed by atoms with Crippen molar-refractivity contribution in [2.75, 3.05) is 51.3 Å². The van der Waals surface area contributed by atoms with Crippen LogP contribution >= 0.6 is 0 Å². The molecule has 1 fully saturated rings. The van der Waals surface area contributed by atoms with Gasteiger partial charge in [-0.1, -0.05) is 6.07 Å². The molecule has 25 heavy (non-hydrogen) atoms. The van der Waals surface area contributed by atoms with Crippen LogP contribution in [0.5, 0.6) is 0 Å². The summed E-state index contributed by atoms with van der Waals surface area (Å²) in [6.07, 6.45) is 0. The first kappa shape index (κ1) is 19.8. The Bertz CT molecular complexity index is 696. The van der Waals surface area contributed by atoms with Gasteiger partial charge in [-0.15, -0.1) is 0 Å². The number of benzene rings is 1. The zero-order valence-corrected chi connectivity index (χ0v) is 16.0. The third kappa shape index (κ3) is 5.01. The van der Waals surface area contributed by atoms with E-state index >= 15 is 0 Å². The Labute approximate surface area is 150 Å². The van der Waals surface area contributed by atoms with E-state index in [1.54, 1.807) is 25.1 Å². The standard InChI is InChI=1S/C17H27N3O4S/c1-4-19(5-2)13-17(21)18-15-7-6-14(3)16(12-15)25(22,23)20-8-10-24-11-9-20/h6-7,12H,4-5,8-11,13H2,1-3H3,(H,18,21)/p+1. The summed E-state index contributed by atoms with van der Waals surface area (Å²) in [5.74, 6) is -0.114. The molecule has 7 nitrogen and oxygen atoms in total. The number of anilines is 1. The Hall–Kier alpha value is -1.48. The van der Waals surface area contributed by atoms with E-state index in [1.807, 2.05) is 13.8 Å². The third-order valence-corrected chi connectivity index (χ3v) is 6.51. The number of nitrogens with one attached hydrogen (secondary N) is 2. The first-order valence-corrected chi connectivity index (χ1v) is 10.1. The summed E-state index contributed by atoms with van der Waals surface area (Å²) < 4.78 is 32.4. The number of likely N-dealkylation sites (N-methyl/N-ethyl adjacent to an activating group) is 1. The van der Waals surface area contributed by atoms with E-state index in [0.29, 0.717) is 44.1 Å². The fourth-order valence-corrected chi connectivity index (χ4v) is 4.47. The number of aryl methyl sites for hydroxylation is 1. The number of quaternary nitrogens is 1. The van der Waals surface area contributed by atoms with E-state index in [4.69, 9.17) is 4.74 Å². The second-order valence-electron chi connectivity index (χ2n) is 6.18. The average Bonchev–Trinajstić information content (AvgIpc) is 2.62. The lowest BCUT2D eigenvalue weighted by Gasteiger charge is -2.27. The lowest BCUT2D eigenvalue weighted by atomic mass is 10.2. The highest BCUT2D eigenvalue weighted by molar-refractivity contribution is 7.89. The Morgan fingerprint density at radius 3 is 2.48 bits per heavy atom. The highest BCUT2D eigenvalue weighted by Gasteiger charge is 2.28. The Balaban J connectivity index is 2.18. The topological polar surface area (TPSA) is 80.2 Å². The largest absolute Gasteiger partial charge is 0.379 e. The molecule has 0 unspecified atom stereocenters. The van der Waals surface area contributed by atoms with Crippen LogP contribution in [0.2, 0.25) is 0 Å². The van der Waals surface area contributed by atoms with Crippen LogP contribution in [-0.2, 0) is 19.6 Å². The van der Waals surface area contributed by atoms with Crippen molar-refractivity contribution in [1.29, 1.82) is 0 Å². The molecule has 1 aromatic rings. The van der Waals surface area contributed by atoms with E-state index in [1.165, 1.54) is 9.21 Å². The maximum absolute atomic E-state index is 12.9. The lowest BCUT2D eigenvalue weighted by Crippen LogP contribution is -3.12. The van der Waals surface area contributed by atoms with Gasteiger partial charge in [-0.05, 0) is 38.5 Å². The Morgan fingerprint density at radius 2 is 1.88 bits per heavy atom. The number of rotatable bonds is 7. The zero-order valence-electron chi connectivity index (χ0n) is 15.2. The summed E-state index contributed by atoms with van der Waals surface area (Å²) in [6.45, 7) is 9.44. The number of hydrogen-bond donors (Lipinski definition) is 2. The van der Waals surface area contributed by atoms with Gasteiger partial charge in [-0.3, -0.25) is 4.79 Å². The minimum atomic E-state index is -3.59. The first-order chi connectivity index (χ1) is 11.9. The zero-order chi connectivity index (χ0) is 18.4. The van der Waals surface area contributed by atoms with Crippen molar-refractivity contribution < 1.29 is 22.8 Å². The van der Waals surface area contributed by atoms with Crippen LogP contribution in [0.15, 0.2) is 23.1 Å². The molecule has 1 aliphatic heterocycles. The minimum Gasteiger partial charge on any atom is -0.379 e. The number of ether oxygens (including phenoxy) is 1. The molecule has 0 spiro atoms. The molecule has 0 saturated carbocycles. The van der Waals surface area contributed by atoms with Crippen molar-refractivity contribution >= 4 is 21.6 Å². The molecule has 1 heterocycles. The van der Waals surface area contributed by atoms with Crippen LogP contribution in [0.25, 0.3) is 0 Å². The smallest absolute Gasteiger partial charge is 0.279 e. The number of nitrogens with zero attached hydrogens (tertiary/aromatic N) is 1. The van der Waals surface area contributed by atoms with Crippen LogP contribution in [0, 0.1) is 6.92 Å². The second-order valence-corrected chi connectivity index (χ2v) is 8.09. The molecule has 0 radical (unpaired) electrons. The summed E-state index contributed by atoms with van der Waals surface area (Å²) in [5.41, 5.74) is 1.17. The van der Waals surface area contributed by atoms with Gasteiger partial charge < -0.3 is 15.0 Å². The maximum Gasteiger partial charge on any atom is 0.279 e. The Kier molecular flexibility index (Phi) is 6.95. The molecule has 2 N–H and O–H groups in total. The summed E-state index contributed by atoms with van der Waals surface area (Å²) in [7, 11) is -3.59. The van der Waals surface area contributed by atoms with Gasteiger partial charge in [0.1, 0.15) is 0 Å². The molecule has 1 amide bonds. The number of sulfonamides is 1. The molecule has 0 aliphatic carbocycles. The van der Waals surface area contributed by atoms with E-state index in [2.05, 4.69) is 5.32 Å². The molecule has 1 aromatic carbocycles. The van der Waals surface area contributed by atoms with Gasteiger partial charge >= 0.3 is 0 Å². The van der Waals surface area contributed by atoms with Crippen molar-refractivity contribution in [3.8, 4) is 0 Å². The van der Waals surface area contributed by atoms with Crippen molar-refractivity contribution in [2.45, 2.75) is 25.7 Å². The normalized spacial score (nSPS) is 16.2. The Morgan fingerprint density at radius 1 is 1.24 bits per heavy atom. The molecular formula is C17H28N3O4S+. The van der Waals surface area contributed by atoms with Crippen LogP contribution in [0.3, 0.4) is 0 Å². The average molecular weight is 370 g/mol. The SMILES string of the molecule is CC[NH+](CC)CC(=O)Nc1ccc(C)c(S(=O)(=O)N2CCOCC2)c1. The van der Waals surface area contributed by atoms with Gasteiger partial charge in [-0.2, -0.15) is 4.31 Å². The van der Waals surface area contributed by atoms with Crippen molar-refractivity contribution in [3.05, 3.63) is 23.8 Å². The van der Waals surface area contributed by atoms with Gasteiger partial charge in [0.25, 0.3) is 5.91 Å². The number of morpholine rings is 1. The minimum absolute atomic E-state index is 0.114. The predicted octanol–water partition coefficient (Wildman–Crippen LogP) is -0.121. The number of carbonyl (C=O) groups excluding carboxylic acids is 1. The molecular weight excluding hydrogens is 342 g/mol. The lowest BCUT2D eigenvalue weighted by molar-refractivity contribution is -0.888. The van der Waals surface area contributed by atoms with Crippen molar-refractivity contribution in [1.82, 2.24) is 4.31 Å². The summed E-state index contributed by atoms with van der Waals surface area (Å²) in [4.78, 5) is 13.6. The summed E-state index contributed by atoms with van der Waals surface area (Å²) in [5, 5.41) is 2.82. The van der Waals surface area contributed by atoms with Gasteiger partial charge in [0.05, 0.1) is 31.2 Å². The second kappa shape index (κ2) is 8.75. The van der Waals surface area contributed by atoms with E-state index in [0.717, 1.165) is 13.1 Å². The van der Waals surface area contributed by atoms with Crippen LogP contribution in [0.4, 0.5) is 5.69 Å². The molecule has 8 heteroatoms. The van der Waals surface area contributed by atoms with Gasteiger partial charge in [-0.25, -0.2) is 8.42 Å². The van der Waals surface area contributed by atoms with Gasteiger partial charge in [0, 0.05) is 18.8 Å².